The van der Waals surface area contributed by atoms with Crippen molar-refractivity contribution >= 4 is 23.2 Å². The summed E-state index contributed by atoms with van der Waals surface area (Å²) in [5.41, 5.74) is 1.32. The highest BCUT2D eigenvalue weighted by atomic mass is 32.1. The second-order valence-electron chi connectivity index (χ2n) is 7.29. The Morgan fingerprint density at radius 3 is 2.93 bits per heavy atom. The van der Waals surface area contributed by atoms with Crippen LogP contribution in [-0.4, -0.2) is 34.8 Å². The van der Waals surface area contributed by atoms with E-state index >= 15 is 0 Å². The first-order valence-corrected chi connectivity index (χ1v) is 10.6. The summed E-state index contributed by atoms with van der Waals surface area (Å²) in [6.45, 7) is 3.61. The second-order valence-corrected chi connectivity index (χ2v) is 8.35. The molecule has 3 rings (SSSR count). The number of thiazole rings is 1. The van der Waals surface area contributed by atoms with Gasteiger partial charge in [-0.2, -0.15) is 0 Å². The third-order valence-corrected chi connectivity index (χ3v) is 5.91. The first-order valence-electron chi connectivity index (χ1n) is 9.70. The quantitative estimate of drug-likeness (QED) is 0.770. The smallest absolute Gasteiger partial charge is 0.228 e. The Labute approximate surface area is 169 Å². The number of amides is 2. The molecule has 2 amide bonds. The predicted molar refractivity (Wildman–Crippen MR) is 107 cm³/mol. The zero-order valence-electron chi connectivity index (χ0n) is 16.1. The molecule has 0 radical (unpaired) electrons. The van der Waals surface area contributed by atoms with Gasteiger partial charge in [0.2, 0.25) is 11.8 Å². The van der Waals surface area contributed by atoms with Crippen LogP contribution >= 0.6 is 11.3 Å². The van der Waals surface area contributed by atoms with Crippen LogP contribution in [0.15, 0.2) is 29.6 Å². The molecule has 2 aromatic rings. The standard InChI is InChI=1S/C21H26FN3O2S/c1-15-24-18(14-28-15)11-21(27)25-10-4-5-16(13-25)8-9-20(26)23-12-17-6-2-3-7-19(17)22/h2-3,6-7,14,16H,4-5,8-13H2,1H3,(H,23,26)/t16-/m0/s1. The van der Waals surface area contributed by atoms with Crippen molar-refractivity contribution in [2.24, 2.45) is 5.92 Å². The Hall–Kier alpha value is -2.28. The lowest BCUT2D eigenvalue weighted by molar-refractivity contribution is -0.132. The van der Waals surface area contributed by atoms with Gasteiger partial charge in [-0.3, -0.25) is 9.59 Å². The Balaban J connectivity index is 1.41. The average Bonchev–Trinajstić information content (AvgIpc) is 3.10. The van der Waals surface area contributed by atoms with Crippen LogP contribution in [0, 0.1) is 18.7 Å². The first-order chi connectivity index (χ1) is 13.5. The van der Waals surface area contributed by atoms with Crippen LogP contribution in [0.1, 0.15) is 41.9 Å². The van der Waals surface area contributed by atoms with E-state index < -0.39 is 0 Å². The third-order valence-electron chi connectivity index (χ3n) is 5.08. The van der Waals surface area contributed by atoms with Crippen molar-refractivity contribution in [2.45, 2.75) is 45.6 Å². The van der Waals surface area contributed by atoms with Gasteiger partial charge in [-0.25, -0.2) is 9.37 Å². The van der Waals surface area contributed by atoms with E-state index in [9.17, 15) is 14.0 Å². The Morgan fingerprint density at radius 1 is 1.36 bits per heavy atom. The van der Waals surface area contributed by atoms with Gasteiger partial charge < -0.3 is 10.2 Å². The van der Waals surface area contributed by atoms with E-state index in [2.05, 4.69) is 10.3 Å². The molecule has 1 saturated heterocycles. The van der Waals surface area contributed by atoms with Crippen molar-refractivity contribution in [1.29, 1.82) is 0 Å². The summed E-state index contributed by atoms with van der Waals surface area (Å²) >= 11 is 1.56. The largest absolute Gasteiger partial charge is 0.352 e. The minimum Gasteiger partial charge on any atom is -0.352 e. The molecule has 2 heterocycles. The molecule has 150 valence electrons. The molecule has 1 aliphatic rings. The summed E-state index contributed by atoms with van der Waals surface area (Å²) in [6.07, 6.45) is 3.47. The van der Waals surface area contributed by atoms with Crippen LogP contribution in [0.25, 0.3) is 0 Å². The fraction of sp³-hybridized carbons (Fsp3) is 0.476. The van der Waals surface area contributed by atoms with Crippen LogP contribution in [-0.2, 0) is 22.6 Å². The van der Waals surface area contributed by atoms with E-state index in [4.69, 9.17) is 0 Å². The van der Waals surface area contributed by atoms with E-state index in [1.165, 1.54) is 6.07 Å². The fourth-order valence-electron chi connectivity index (χ4n) is 3.54. The molecule has 5 nitrogen and oxygen atoms in total. The Morgan fingerprint density at radius 2 is 2.18 bits per heavy atom. The molecule has 0 spiro atoms. The Kier molecular flexibility index (Phi) is 7.14. The minimum absolute atomic E-state index is 0.0790. The van der Waals surface area contributed by atoms with E-state index in [0.717, 1.165) is 36.5 Å². The van der Waals surface area contributed by atoms with Gasteiger partial charge in [0.1, 0.15) is 5.82 Å². The highest BCUT2D eigenvalue weighted by molar-refractivity contribution is 7.09. The van der Waals surface area contributed by atoms with E-state index in [-0.39, 0.29) is 24.2 Å². The number of nitrogens with one attached hydrogen (secondary N) is 1. The van der Waals surface area contributed by atoms with Gasteiger partial charge in [0.25, 0.3) is 0 Å². The van der Waals surface area contributed by atoms with Crippen LogP contribution in [0.2, 0.25) is 0 Å². The molecule has 1 fully saturated rings. The van der Waals surface area contributed by atoms with Gasteiger partial charge in [-0.15, -0.1) is 11.3 Å². The van der Waals surface area contributed by atoms with Crippen LogP contribution in [0.5, 0.6) is 0 Å². The number of halogens is 1. The molecule has 0 bridgehead atoms. The normalized spacial score (nSPS) is 16.8. The van der Waals surface area contributed by atoms with Gasteiger partial charge in [0.15, 0.2) is 0 Å². The van der Waals surface area contributed by atoms with Crippen molar-refractivity contribution in [1.82, 2.24) is 15.2 Å². The lowest BCUT2D eigenvalue weighted by Crippen LogP contribution is -2.41. The minimum atomic E-state index is -0.306. The molecule has 1 aromatic carbocycles. The van der Waals surface area contributed by atoms with Crippen molar-refractivity contribution in [3.8, 4) is 0 Å². The number of hydrogen-bond acceptors (Lipinski definition) is 4. The molecule has 28 heavy (non-hydrogen) atoms. The Bertz CT molecular complexity index is 823. The zero-order valence-corrected chi connectivity index (χ0v) is 16.9. The molecule has 1 aromatic heterocycles. The maximum absolute atomic E-state index is 13.6. The van der Waals surface area contributed by atoms with Gasteiger partial charge in [0.05, 0.1) is 17.1 Å². The van der Waals surface area contributed by atoms with Gasteiger partial charge >= 0.3 is 0 Å². The van der Waals surface area contributed by atoms with E-state index in [1.807, 2.05) is 17.2 Å². The van der Waals surface area contributed by atoms with Crippen LogP contribution < -0.4 is 5.32 Å². The molecular formula is C21H26FN3O2S. The number of nitrogens with zero attached hydrogens (tertiary/aromatic N) is 2. The molecule has 0 unspecified atom stereocenters. The van der Waals surface area contributed by atoms with E-state index in [1.54, 1.807) is 29.5 Å². The molecule has 0 saturated carbocycles. The van der Waals surface area contributed by atoms with Crippen LogP contribution in [0.3, 0.4) is 0 Å². The number of aromatic nitrogens is 1. The molecule has 1 atom stereocenters. The summed E-state index contributed by atoms with van der Waals surface area (Å²) in [4.78, 5) is 30.9. The number of benzene rings is 1. The van der Waals surface area contributed by atoms with Gasteiger partial charge in [0, 0.05) is 37.0 Å². The summed E-state index contributed by atoms with van der Waals surface area (Å²) in [6, 6.07) is 6.45. The molecule has 0 aliphatic carbocycles. The average molecular weight is 404 g/mol. The highest BCUT2D eigenvalue weighted by Gasteiger charge is 2.24. The van der Waals surface area contributed by atoms with Crippen molar-refractivity contribution in [3.05, 3.63) is 51.7 Å². The summed E-state index contributed by atoms with van der Waals surface area (Å²) in [5, 5.41) is 5.69. The van der Waals surface area contributed by atoms with Crippen molar-refractivity contribution in [3.63, 3.8) is 0 Å². The number of likely N-dealkylation sites (tertiary alicyclic amines) is 1. The zero-order chi connectivity index (χ0) is 19.9. The number of carbonyl (C=O) groups is 2. The number of rotatable bonds is 7. The molecular weight excluding hydrogens is 377 g/mol. The highest BCUT2D eigenvalue weighted by Crippen LogP contribution is 2.22. The lowest BCUT2D eigenvalue weighted by atomic mass is 9.93. The monoisotopic (exact) mass is 403 g/mol. The molecule has 7 heteroatoms. The summed E-state index contributed by atoms with van der Waals surface area (Å²) in [5.74, 6) is 0.0530. The third kappa shape index (κ3) is 5.86. The number of carbonyl (C=O) groups excluding carboxylic acids is 2. The summed E-state index contributed by atoms with van der Waals surface area (Å²) in [7, 11) is 0. The molecule has 1 aliphatic heterocycles. The predicted octanol–water partition coefficient (Wildman–Crippen LogP) is 3.47. The lowest BCUT2D eigenvalue weighted by Gasteiger charge is -2.32. The van der Waals surface area contributed by atoms with Gasteiger partial charge in [-0.1, -0.05) is 18.2 Å². The van der Waals surface area contributed by atoms with Crippen LogP contribution in [0.4, 0.5) is 4.39 Å². The SMILES string of the molecule is Cc1nc(CC(=O)N2CCC[C@@H](CCC(=O)NCc3ccccc3F)C2)cs1. The van der Waals surface area contributed by atoms with E-state index in [0.29, 0.717) is 30.9 Å². The number of hydrogen-bond donors (Lipinski definition) is 1. The fourth-order valence-corrected chi connectivity index (χ4v) is 4.16. The summed E-state index contributed by atoms with van der Waals surface area (Å²) < 4.78 is 13.6. The number of piperidine rings is 1. The topological polar surface area (TPSA) is 62.3 Å². The van der Waals surface area contributed by atoms with Gasteiger partial charge in [-0.05, 0) is 38.2 Å². The number of aryl methyl sites for hydroxylation is 1. The maximum Gasteiger partial charge on any atom is 0.228 e. The molecule has 1 N–H and O–H groups in total. The van der Waals surface area contributed by atoms with Crippen molar-refractivity contribution in [2.75, 3.05) is 13.1 Å². The maximum atomic E-state index is 13.6. The first kappa shape index (κ1) is 20.5. The second kappa shape index (κ2) is 9.78. The van der Waals surface area contributed by atoms with Crippen molar-refractivity contribution < 1.29 is 14.0 Å².